The number of rotatable bonds is 2. The highest BCUT2D eigenvalue weighted by molar-refractivity contribution is 6.20. The van der Waals surface area contributed by atoms with Crippen LogP contribution < -0.4 is 11.1 Å². The number of carbonyl (C=O) groups is 1. The van der Waals surface area contributed by atoms with Crippen LogP contribution in [0.1, 0.15) is 18.4 Å². The van der Waals surface area contributed by atoms with Crippen molar-refractivity contribution in [3.8, 4) is 0 Å². The molecule has 98 valence electrons. The average Bonchev–Trinajstić information content (AvgIpc) is 2.41. The minimum atomic E-state index is -0.650. The first-order valence-corrected chi connectivity index (χ1v) is 6.45. The molecule has 0 aromatic heterocycles. The van der Waals surface area contributed by atoms with Crippen molar-refractivity contribution in [2.24, 2.45) is 21.1 Å². The van der Waals surface area contributed by atoms with Gasteiger partial charge in [-0.15, -0.1) is 0 Å². The summed E-state index contributed by atoms with van der Waals surface area (Å²) in [6.07, 6.45) is 2.29. The smallest absolute Gasteiger partial charge is 0.240 e. The van der Waals surface area contributed by atoms with Gasteiger partial charge in [0.05, 0.1) is 0 Å². The number of nitrogens with two attached hydrogens (primary N) is 1. The number of hydrogen-bond donors (Lipinski definition) is 2. The van der Waals surface area contributed by atoms with Crippen molar-refractivity contribution in [3.05, 3.63) is 35.9 Å². The van der Waals surface area contributed by atoms with Crippen LogP contribution in [0.2, 0.25) is 0 Å². The molecule has 5 heteroatoms. The molecule has 19 heavy (non-hydrogen) atoms. The quantitative estimate of drug-likeness (QED) is 0.822. The van der Waals surface area contributed by atoms with Crippen molar-refractivity contribution in [3.63, 3.8) is 0 Å². The van der Waals surface area contributed by atoms with E-state index in [1.807, 2.05) is 30.3 Å². The summed E-state index contributed by atoms with van der Waals surface area (Å²) in [6.45, 7) is 0.718. The minimum Gasteiger partial charge on any atom is -0.369 e. The van der Waals surface area contributed by atoms with E-state index in [1.54, 1.807) is 0 Å². The molecular weight excluding hydrogens is 240 g/mol. The highest BCUT2D eigenvalue weighted by Crippen LogP contribution is 2.36. The monoisotopic (exact) mass is 256 g/mol. The van der Waals surface area contributed by atoms with Crippen molar-refractivity contribution >= 4 is 17.7 Å². The SMILES string of the molecule is NC1=NC2=NCCCC2(Cc2ccccc2)C(=O)N1. The summed E-state index contributed by atoms with van der Waals surface area (Å²) in [5.41, 5.74) is 6.09. The molecule has 5 nitrogen and oxygen atoms in total. The standard InChI is InChI=1S/C14H16N4O/c15-13-17-11-14(12(19)18-13,7-4-8-16-11)9-10-5-2-1-3-6-10/h1-3,5-6H,4,7-9H2,(H3,15,16,17,18,19). The van der Waals surface area contributed by atoms with Gasteiger partial charge in [0, 0.05) is 6.54 Å². The zero-order valence-electron chi connectivity index (χ0n) is 10.6. The first-order valence-electron chi connectivity index (χ1n) is 6.45. The molecule has 1 unspecified atom stereocenters. The molecule has 0 saturated carbocycles. The molecule has 1 aromatic carbocycles. The van der Waals surface area contributed by atoms with Crippen LogP contribution in [0.4, 0.5) is 0 Å². The lowest BCUT2D eigenvalue weighted by Gasteiger charge is -2.37. The Morgan fingerprint density at radius 3 is 2.89 bits per heavy atom. The fourth-order valence-electron chi connectivity index (χ4n) is 2.76. The molecule has 0 fully saturated rings. The Labute approximate surface area is 111 Å². The zero-order chi connectivity index (χ0) is 13.3. The molecule has 2 aliphatic rings. The third kappa shape index (κ3) is 2.01. The molecule has 0 radical (unpaired) electrons. The van der Waals surface area contributed by atoms with E-state index in [4.69, 9.17) is 5.73 Å². The van der Waals surface area contributed by atoms with Gasteiger partial charge in [0.25, 0.3) is 0 Å². The van der Waals surface area contributed by atoms with Gasteiger partial charge in [0.1, 0.15) is 11.3 Å². The van der Waals surface area contributed by atoms with Crippen molar-refractivity contribution in [1.29, 1.82) is 0 Å². The average molecular weight is 256 g/mol. The fraction of sp³-hybridized carbons (Fsp3) is 0.357. The number of amidine groups is 1. The number of aliphatic imine (C=N–C) groups is 2. The van der Waals surface area contributed by atoms with Gasteiger partial charge in [-0.05, 0) is 24.8 Å². The number of hydrogen-bond acceptors (Lipinski definition) is 4. The van der Waals surface area contributed by atoms with Crippen molar-refractivity contribution in [1.82, 2.24) is 5.32 Å². The third-order valence-corrected chi connectivity index (χ3v) is 3.70. The number of benzene rings is 1. The molecule has 1 aromatic rings. The van der Waals surface area contributed by atoms with Gasteiger partial charge in [0.15, 0.2) is 0 Å². The number of nitrogens with one attached hydrogen (secondary N) is 1. The van der Waals surface area contributed by atoms with Gasteiger partial charge in [-0.3, -0.25) is 15.1 Å². The summed E-state index contributed by atoms with van der Waals surface area (Å²) >= 11 is 0. The summed E-state index contributed by atoms with van der Waals surface area (Å²) in [7, 11) is 0. The molecule has 0 bridgehead atoms. The van der Waals surface area contributed by atoms with Crippen molar-refractivity contribution in [2.75, 3.05) is 6.54 Å². The molecule has 3 N–H and O–H groups in total. The summed E-state index contributed by atoms with van der Waals surface area (Å²) < 4.78 is 0. The van der Waals surface area contributed by atoms with E-state index in [-0.39, 0.29) is 11.9 Å². The molecule has 1 amide bonds. The first kappa shape index (κ1) is 11.9. The number of nitrogens with zero attached hydrogens (tertiary/aromatic N) is 2. The number of fused-ring (bicyclic) bond motifs is 1. The molecule has 0 spiro atoms. The zero-order valence-corrected chi connectivity index (χ0v) is 10.6. The molecular formula is C14H16N4O. The second-order valence-corrected chi connectivity index (χ2v) is 5.00. The van der Waals surface area contributed by atoms with E-state index in [0.717, 1.165) is 24.9 Å². The lowest BCUT2D eigenvalue weighted by atomic mass is 9.73. The van der Waals surface area contributed by atoms with Gasteiger partial charge < -0.3 is 5.73 Å². The maximum absolute atomic E-state index is 12.4. The Morgan fingerprint density at radius 1 is 1.32 bits per heavy atom. The Hall–Kier alpha value is -2.17. The van der Waals surface area contributed by atoms with Crippen LogP contribution in [0.25, 0.3) is 0 Å². The summed E-state index contributed by atoms with van der Waals surface area (Å²) in [6, 6.07) is 9.97. The second kappa shape index (κ2) is 4.50. The molecule has 2 aliphatic heterocycles. The van der Waals surface area contributed by atoms with Gasteiger partial charge in [-0.25, -0.2) is 0 Å². The largest absolute Gasteiger partial charge is 0.369 e. The van der Waals surface area contributed by atoms with E-state index in [1.165, 1.54) is 0 Å². The minimum absolute atomic E-state index is 0.0812. The maximum Gasteiger partial charge on any atom is 0.240 e. The van der Waals surface area contributed by atoms with E-state index < -0.39 is 5.41 Å². The summed E-state index contributed by atoms with van der Waals surface area (Å²) in [5.74, 6) is 0.653. The predicted molar refractivity (Wildman–Crippen MR) is 73.9 cm³/mol. The number of amides is 1. The highest BCUT2D eigenvalue weighted by Gasteiger charge is 2.47. The molecule has 2 heterocycles. The van der Waals surface area contributed by atoms with Gasteiger partial charge in [-0.1, -0.05) is 30.3 Å². The van der Waals surface area contributed by atoms with Crippen LogP contribution in [0, 0.1) is 5.41 Å². The van der Waals surface area contributed by atoms with E-state index >= 15 is 0 Å². The Balaban J connectivity index is 2.02. The molecule has 3 rings (SSSR count). The number of carbonyl (C=O) groups excluding carboxylic acids is 1. The second-order valence-electron chi connectivity index (χ2n) is 5.00. The fourth-order valence-corrected chi connectivity index (χ4v) is 2.76. The molecule has 0 saturated heterocycles. The number of guanidine groups is 1. The van der Waals surface area contributed by atoms with Crippen LogP contribution >= 0.6 is 0 Å². The third-order valence-electron chi connectivity index (χ3n) is 3.70. The maximum atomic E-state index is 12.4. The van der Waals surface area contributed by atoms with Crippen LogP contribution in [-0.4, -0.2) is 24.2 Å². The molecule has 1 atom stereocenters. The normalized spacial score (nSPS) is 26.0. The Bertz CT molecular complexity index is 564. The van der Waals surface area contributed by atoms with Gasteiger partial charge in [-0.2, -0.15) is 4.99 Å². The summed E-state index contributed by atoms with van der Waals surface area (Å²) in [5, 5.41) is 2.65. The lowest BCUT2D eigenvalue weighted by molar-refractivity contribution is -0.126. The predicted octanol–water partition coefficient (Wildman–Crippen LogP) is 0.852. The van der Waals surface area contributed by atoms with Crippen LogP contribution in [0.15, 0.2) is 40.3 Å². The van der Waals surface area contributed by atoms with E-state index in [9.17, 15) is 4.79 Å². The summed E-state index contributed by atoms with van der Waals surface area (Å²) in [4.78, 5) is 21.1. The van der Waals surface area contributed by atoms with E-state index in [2.05, 4.69) is 15.3 Å². The van der Waals surface area contributed by atoms with Gasteiger partial charge in [0.2, 0.25) is 11.9 Å². The Morgan fingerprint density at radius 2 is 2.11 bits per heavy atom. The van der Waals surface area contributed by atoms with Crippen molar-refractivity contribution < 1.29 is 4.79 Å². The van der Waals surface area contributed by atoms with E-state index in [0.29, 0.717) is 12.3 Å². The van der Waals surface area contributed by atoms with Crippen LogP contribution in [0.3, 0.4) is 0 Å². The van der Waals surface area contributed by atoms with Crippen molar-refractivity contribution in [2.45, 2.75) is 19.3 Å². The first-order chi connectivity index (χ1) is 9.21. The highest BCUT2D eigenvalue weighted by atomic mass is 16.2. The molecule has 0 aliphatic carbocycles. The van der Waals surface area contributed by atoms with Gasteiger partial charge >= 0.3 is 0 Å². The lowest BCUT2D eigenvalue weighted by Crippen LogP contribution is -2.56. The Kier molecular flexibility index (Phi) is 2.81. The van der Waals surface area contributed by atoms with Crippen LogP contribution in [-0.2, 0) is 11.2 Å². The topological polar surface area (TPSA) is 79.8 Å². The van der Waals surface area contributed by atoms with Crippen LogP contribution in [0.5, 0.6) is 0 Å².